The summed E-state index contributed by atoms with van der Waals surface area (Å²) in [4.78, 5) is 13.4. The number of fused-ring (bicyclic) bond motifs is 2. The molecule has 1 N–H and O–H groups in total. The number of hydrogen-bond donors (Lipinski definition) is 1. The lowest BCUT2D eigenvalue weighted by molar-refractivity contribution is -0.148. The minimum Gasteiger partial charge on any atom is -0.444 e. The number of carbonyl (C=O) groups excluding carboxylic acids is 1. The zero-order valence-corrected chi connectivity index (χ0v) is 11.3. The highest BCUT2D eigenvalue weighted by Gasteiger charge is 2.52. The van der Waals surface area contributed by atoms with E-state index in [2.05, 4.69) is 0 Å². The second-order valence-corrected chi connectivity index (χ2v) is 6.41. The van der Waals surface area contributed by atoms with Crippen LogP contribution in [0.25, 0.3) is 0 Å². The van der Waals surface area contributed by atoms with Crippen LogP contribution in [-0.2, 0) is 4.74 Å². The van der Waals surface area contributed by atoms with Gasteiger partial charge in [0.05, 0.1) is 6.10 Å². The van der Waals surface area contributed by atoms with Crippen LogP contribution in [0.2, 0.25) is 0 Å². The van der Waals surface area contributed by atoms with E-state index in [0.717, 1.165) is 12.8 Å². The maximum absolute atomic E-state index is 14.8. The molecular weight excluding hydrogens is 237 g/mol. The molecule has 0 unspecified atom stereocenters. The van der Waals surface area contributed by atoms with Crippen LogP contribution in [0, 0.1) is 0 Å². The average Bonchev–Trinajstić information content (AvgIpc) is 2.11. The molecule has 2 rings (SSSR count). The Morgan fingerprint density at radius 2 is 2.17 bits per heavy atom. The van der Waals surface area contributed by atoms with Crippen molar-refractivity contribution in [2.24, 2.45) is 0 Å². The Morgan fingerprint density at radius 3 is 2.72 bits per heavy atom. The summed E-state index contributed by atoms with van der Waals surface area (Å²) in [5, 5.41) is 9.69. The maximum Gasteiger partial charge on any atom is 0.413 e. The van der Waals surface area contributed by atoms with Crippen molar-refractivity contribution in [2.45, 2.75) is 76.4 Å². The van der Waals surface area contributed by atoms with E-state index in [1.165, 1.54) is 4.90 Å². The Bertz CT molecular complexity index is 342. The summed E-state index contributed by atoms with van der Waals surface area (Å²) in [6.07, 6.45) is 0.989. The molecule has 2 aliphatic heterocycles. The Morgan fingerprint density at radius 1 is 1.50 bits per heavy atom. The number of halogens is 1. The number of aliphatic hydroxyl groups is 1. The van der Waals surface area contributed by atoms with E-state index in [1.807, 2.05) is 0 Å². The molecule has 1 amide bonds. The lowest BCUT2D eigenvalue weighted by Gasteiger charge is -2.51. The fourth-order valence-corrected chi connectivity index (χ4v) is 2.99. The summed E-state index contributed by atoms with van der Waals surface area (Å²) in [6, 6.07) is -0.234. The average molecular weight is 259 g/mol. The number of nitrogens with zero attached hydrogens (tertiary/aromatic N) is 1. The SMILES string of the molecule is CC(C)(C)OC(=O)N1[C@@H]2CCC[C@]1(F)C[C@H](O)C2. The van der Waals surface area contributed by atoms with Gasteiger partial charge in [0.25, 0.3) is 0 Å². The van der Waals surface area contributed by atoms with E-state index >= 15 is 0 Å². The number of aliphatic hydroxyl groups excluding tert-OH is 1. The Labute approximate surface area is 107 Å². The first-order valence-electron chi connectivity index (χ1n) is 6.61. The van der Waals surface area contributed by atoms with Gasteiger partial charge in [-0.25, -0.2) is 9.18 Å². The summed E-state index contributed by atoms with van der Waals surface area (Å²) < 4.78 is 20.1. The molecule has 0 spiro atoms. The zero-order valence-electron chi connectivity index (χ0n) is 11.3. The van der Waals surface area contributed by atoms with Crippen LogP contribution in [0.3, 0.4) is 0 Å². The van der Waals surface area contributed by atoms with Gasteiger partial charge in [-0.15, -0.1) is 0 Å². The van der Waals surface area contributed by atoms with Crippen molar-refractivity contribution in [1.82, 2.24) is 4.90 Å². The zero-order chi connectivity index (χ0) is 13.6. The van der Waals surface area contributed by atoms with E-state index in [0.29, 0.717) is 12.8 Å². The maximum atomic E-state index is 14.8. The topological polar surface area (TPSA) is 49.8 Å². The van der Waals surface area contributed by atoms with Gasteiger partial charge in [0.2, 0.25) is 0 Å². The van der Waals surface area contributed by atoms with Gasteiger partial charge in [-0.2, -0.15) is 0 Å². The molecule has 2 bridgehead atoms. The molecule has 0 radical (unpaired) electrons. The van der Waals surface area contributed by atoms with Crippen LogP contribution in [0.1, 0.15) is 52.9 Å². The monoisotopic (exact) mass is 259 g/mol. The fourth-order valence-electron chi connectivity index (χ4n) is 2.99. The van der Waals surface area contributed by atoms with Gasteiger partial charge in [0, 0.05) is 18.9 Å². The predicted octanol–water partition coefficient (Wildman–Crippen LogP) is 2.60. The molecule has 3 atom stereocenters. The molecule has 0 aliphatic carbocycles. The lowest BCUT2D eigenvalue weighted by atomic mass is 9.81. The molecule has 0 aromatic heterocycles. The predicted molar refractivity (Wildman–Crippen MR) is 64.8 cm³/mol. The molecule has 2 saturated heterocycles. The van der Waals surface area contributed by atoms with Gasteiger partial charge in [-0.05, 0) is 40.0 Å². The number of amides is 1. The van der Waals surface area contributed by atoms with E-state index in [-0.39, 0.29) is 12.5 Å². The van der Waals surface area contributed by atoms with Crippen molar-refractivity contribution in [3.63, 3.8) is 0 Å². The molecule has 5 heteroatoms. The molecule has 2 heterocycles. The van der Waals surface area contributed by atoms with Crippen LogP contribution < -0.4 is 0 Å². The summed E-state index contributed by atoms with van der Waals surface area (Å²) in [6.45, 7) is 5.30. The first kappa shape index (κ1) is 13.6. The van der Waals surface area contributed by atoms with E-state index < -0.39 is 23.6 Å². The summed E-state index contributed by atoms with van der Waals surface area (Å²) in [5.41, 5.74) is -0.627. The summed E-state index contributed by atoms with van der Waals surface area (Å²) in [7, 11) is 0. The van der Waals surface area contributed by atoms with Crippen LogP contribution in [0.4, 0.5) is 9.18 Å². The van der Waals surface area contributed by atoms with Gasteiger partial charge in [0.15, 0.2) is 5.79 Å². The second-order valence-electron chi connectivity index (χ2n) is 6.41. The second kappa shape index (κ2) is 4.37. The third-order valence-electron chi connectivity index (χ3n) is 3.58. The standard InChI is InChI=1S/C13H22FNO3/c1-12(2,3)18-11(17)15-9-5-4-6-13(15,14)8-10(16)7-9/h9-10,16H,4-8H2,1-3H3/t9-,10-,13-/m1/s1. The normalized spacial score (nSPS) is 36.4. The van der Waals surface area contributed by atoms with Crippen LogP contribution in [0.5, 0.6) is 0 Å². The molecule has 0 aromatic rings. The number of rotatable bonds is 0. The van der Waals surface area contributed by atoms with Crippen molar-refractivity contribution in [2.75, 3.05) is 0 Å². The molecule has 0 aromatic carbocycles. The molecule has 2 aliphatic rings. The molecule has 0 saturated carbocycles. The van der Waals surface area contributed by atoms with Crippen molar-refractivity contribution in [3.05, 3.63) is 0 Å². The highest BCUT2D eigenvalue weighted by Crippen LogP contribution is 2.43. The Balaban J connectivity index is 2.18. The molecule has 104 valence electrons. The third kappa shape index (κ3) is 2.60. The number of hydrogen-bond acceptors (Lipinski definition) is 3. The summed E-state index contributed by atoms with van der Waals surface area (Å²) >= 11 is 0. The van der Waals surface area contributed by atoms with Gasteiger partial charge in [-0.1, -0.05) is 0 Å². The number of piperidine rings is 2. The van der Waals surface area contributed by atoms with Crippen molar-refractivity contribution < 1.29 is 19.0 Å². The molecular formula is C13H22FNO3. The number of carbonyl (C=O) groups is 1. The highest BCUT2D eigenvalue weighted by molar-refractivity contribution is 5.70. The van der Waals surface area contributed by atoms with E-state index in [1.54, 1.807) is 20.8 Å². The van der Waals surface area contributed by atoms with Crippen molar-refractivity contribution >= 4 is 6.09 Å². The van der Waals surface area contributed by atoms with Crippen LogP contribution >= 0.6 is 0 Å². The molecule has 4 nitrogen and oxygen atoms in total. The highest BCUT2D eigenvalue weighted by atomic mass is 19.1. The smallest absolute Gasteiger partial charge is 0.413 e. The molecule has 2 fully saturated rings. The van der Waals surface area contributed by atoms with Crippen molar-refractivity contribution in [3.8, 4) is 0 Å². The third-order valence-corrected chi connectivity index (χ3v) is 3.58. The van der Waals surface area contributed by atoms with Gasteiger partial charge in [-0.3, -0.25) is 4.90 Å². The van der Waals surface area contributed by atoms with Gasteiger partial charge >= 0.3 is 6.09 Å². The largest absolute Gasteiger partial charge is 0.444 e. The quantitative estimate of drug-likeness (QED) is 0.680. The van der Waals surface area contributed by atoms with Crippen molar-refractivity contribution in [1.29, 1.82) is 0 Å². The Hall–Kier alpha value is -0.840. The van der Waals surface area contributed by atoms with Crippen LogP contribution in [-0.4, -0.2) is 39.6 Å². The number of alkyl halides is 1. The van der Waals surface area contributed by atoms with Gasteiger partial charge in [0.1, 0.15) is 5.60 Å². The number of ether oxygens (including phenoxy) is 1. The minimum absolute atomic E-state index is 0.00272. The minimum atomic E-state index is -1.73. The summed E-state index contributed by atoms with van der Waals surface area (Å²) in [5.74, 6) is -1.73. The first-order valence-corrected chi connectivity index (χ1v) is 6.61. The first-order chi connectivity index (χ1) is 8.21. The lowest BCUT2D eigenvalue weighted by Crippen LogP contribution is -2.62. The fraction of sp³-hybridized carbons (Fsp3) is 0.923. The van der Waals surface area contributed by atoms with E-state index in [4.69, 9.17) is 4.74 Å². The van der Waals surface area contributed by atoms with Crippen LogP contribution in [0.15, 0.2) is 0 Å². The Kier molecular flexibility index (Phi) is 3.30. The van der Waals surface area contributed by atoms with Gasteiger partial charge < -0.3 is 9.84 Å². The molecule has 18 heavy (non-hydrogen) atoms. The van der Waals surface area contributed by atoms with E-state index in [9.17, 15) is 14.3 Å².